The van der Waals surface area contributed by atoms with Gasteiger partial charge in [0.25, 0.3) is 0 Å². The lowest BCUT2D eigenvalue weighted by molar-refractivity contribution is 0.614. The summed E-state index contributed by atoms with van der Waals surface area (Å²) in [7, 11) is 0. The molecule has 2 N–H and O–H groups in total. The van der Waals surface area contributed by atoms with Crippen LogP contribution in [0.1, 0.15) is 6.42 Å². The molecular formula is C12H15N3S. The van der Waals surface area contributed by atoms with Gasteiger partial charge in [-0.3, -0.25) is 0 Å². The molecule has 1 saturated heterocycles. The summed E-state index contributed by atoms with van der Waals surface area (Å²) < 4.78 is 1.31. The number of rotatable bonds is 3. The first-order chi connectivity index (χ1) is 7.93. The van der Waals surface area contributed by atoms with Gasteiger partial charge in [0.1, 0.15) is 5.82 Å². The number of fused-ring (bicyclic) bond motifs is 1. The van der Waals surface area contributed by atoms with E-state index in [-0.39, 0.29) is 0 Å². The first-order valence-electron chi connectivity index (χ1n) is 5.70. The van der Waals surface area contributed by atoms with Gasteiger partial charge in [-0.2, -0.15) is 0 Å². The maximum absolute atomic E-state index is 4.42. The van der Waals surface area contributed by atoms with Crippen molar-refractivity contribution >= 4 is 27.2 Å². The van der Waals surface area contributed by atoms with E-state index in [1.165, 1.54) is 16.5 Å². The van der Waals surface area contributed by atoms with E-state index in [0.717, 1.165) is 31.4 Å². The van der Waals surface area contributed by atoms with Crippen molar-refractivity contribution in [3.05, 3.63) is 23.7 Å². The summed E-state index contributed by atoms with van der Waals surface area (Å²) in [6.45, 7) is 3.31. The van der Waals surface area contributed by atoms with Crippen LogP contribution in [-0.4, -0.2) is 24.6 Å². The zero-order valence-corrected chi connectivity index (χ0v) is 9.89. The predicted octanol–water partition coefficient (Wildman–Crippen LogP) is 2.32. The third-order valence-corrected chi connectivity index (χ3v) is 3.98. The van der Waals surface area contributed by atoms with Gasteiger partial charge in [-0.1, -0.05) is 0 Å². The average Bonchev–Trinajstić information content (AvgIpc) is 2.97. The van der Waals surface area contributed by atoms with Crippen LogP contribution in [0.3, 0.4) is 0 Å². The van der Waals surface area contributed by atoms with E-state index >= 15 is 0 Å². The van der Waals surface area contributed by atoms with Crippen molar-refractivity contribution in [2.45, 2.75) is 6.42 Å². The van der Waals surface area contributed by atoms with Crippen molar-refractivity contribution in [2.75, 3.05) is 25.0 Å². The molecule has 0 radical (unpaired) electrons. The van der Waals surface area contributed by atoms with E-state index in [1.54, 1.807) is 11.3 Å². The Morgan fingerprint density at radius 3 is 3.38 bits per heavy atom. The largest absolute Gasteiger partial charge is 0.369 e. The molecule has 16 heavy (non-hydrogen) atoms. The molecule has 3 heterocycles. The smallest absolute Gasteiger partial charge is 0.134 e. The minimum atomic E-state index is 0.746. The van der Waals surface area contributed by atoms with Gasteiger partial charge in [-0.25, -0.2) is 4.98 Å². The summed E-state index contributed by atoms with van der Waals surface area (Å²) in [5, 5.41) is 10.2. The summed E-state index contributed by atoms with van der Waals surface area (Å²) in [4.78, 5) is 4.42. The Bertz CT molecular complexity index is 474. The summed E-state index contributed by atoms with van der Waals surface area (Å²) in [5.41, 5.74) is 0. The van der Waals surface area contributed by atoms with Crippen molar-refractivity contribution in [1.82, 2.24) is 10.3 Å². The van der Waals surface area contributed by atoms with Crippen LogP contribution in [0, 0.1) is 5.92 Å². The number of hydrogen-bond acceptors (Lipinski definition) is 4. The van der Waals surface area contributed by atoms with Crippen LogP contribution in [0.2, 0.25) is 0 Å². The Labute approximate surface area is 98.9 Å². The van der Waals surface area contributed by atoms with E-state index in [9.17, 15) is 0 Å². The molecule has 0 aliphatic carbocycles. The maximum atomic E-state index is 4.42. The van der Waals surface area contributed by atoms with Crippen LogP contribution in [0.5, 0.6) is 0 Å². The molecule has 0 saturated carbocycles. The Balaban J connectivity index is 1.75. The van der Waals surface area contributed by atoms with Crippen molar-refractivity contribution in [2.24, 2.45) is 5.92 Å². The van der Waals surface area contributed by atoms with Crippen molar-refractivity contribution in [3.8, 4) is 0 Å². The highest BCUT2D eigenvalue weighted by atomic mass is 32.1. The number of aromatic nitrogens is 1. The van der Waals surface area contributed by atoms with Gasteiger partial charge in [-0.05, 0) is 42.9 Å². The van der Waals surface area contributed by atoms with E-state index in [1.807, 2.05) is 6.20 Å². The fourth-order valence-corrected chi connectivity index (χ4v) is 2.95. The molecule has 3 rings (SSSR count). The topological polar surface area (TPSA) is 37.0 Å². The molecule has 0 aromatic carbocycles. The van der Waals surface area contributed by atoms with Crippen molar-refractivity contribution in [1.29, 1.82) is 0 Å². The number of anilines is 1. The zero-order valence-electron chi connectivity index (χ0n) is 9.07. The predicted molar refractivity (Wildman–Crippen MR) is 69.1 cm³/mol. The van der Waals surface area contributed by atoms with E-state index in [2.05, 4.69) is 33.1 Å². The standard InChI is InChI=1S/C12H15N3S/c1-4-13-7-9(1)8-15-12-10-3-6-16-11(10)2-5-14-12/h2-3,5-6,9,13H,1,4,7-8H2,(H,14,15). The Morgan fingerprint density at radius 2 is 2.50 bits per heavy atom. The third-order valence-electron chi connectivity index (χ3n) is 3.10. The Morgan fingerprint density at radius 1 is 1.50 bits per heavy atom. The molecule has 2 aromatic rings. The van der Waals surface area contributed by atoms with Crippen LogP contribution in [0.4, 0.5) is 5.82 Å². The molecule has 2 aromatic heterocycles. The molecule has 0 bridgehead atoms. The van der Waals surface area contributed by atoms with Crippen LogP contribution in [0.15, 0.2) is 23.7 Å². The third kappa shape index (κ3) is 1.90. The SMILES string of the molecule is c1cc2sccc2c(NCC2CCNC2)n1. The molecule has 0 spiro atoms. The molecule has 3 nitrogen and oxygen atoms in total. The van der Waals surface area contributed by atoms with E-state index in [4.69, 9.17) is 0 Å². The minimum Gasteiger partial charge on any atom is -0.369 e. The second-order valence-corrected chi connectivity index (χ2v) is 5.18. The van der Waals surface area contributed by atoms with Crippen LogP contribution in [-0.2, 0) is 0 Å². The zero-order chi connectivity index (χ0) is 10.8. The average molecular weight is 233 g/mol. The number of nitrogens with one attached hydrogen (secondary N) is 2. The number of hydrogen-bond donors (Lipinski definition) is 2. The lowest BCUT2D eigenvalue weighted by atomic mass is 10.1. The van der Waals surface area contributed by atoms with Crippen LogP contribution >= 0.6 is 11.3 Å². The number of pyridine rings is 1. The van der Waals surface area contributed by atoms with Crippen LogP contribution in [0.25, 0.3) is 10.1 Å². The first kappa shape index (κ1) is 10.1. The molecule has 1 aliphatic rings. The second-order valence-electron chi connectivity index (χ2n) is 4.23. The van der Waals surface area contributed by atoms with E-state index in [0.29, 0.717) is 0 Å². The van der Waals surface area contributed by atoms with Gasteiger partial charge in [0.15, 0.2) is 0 Å². The van der Waals surface area contributed by atoms with Crippen molar-refractivity contribution in [3.63, 3.8) is 0 Å². The molecule has 1 unspecified atom stereocenters. The normalized spacial score (nSPS) is 20.4. The minimum absolute atomic E-state index is 0.746. The van der Waals surface area contributed by atoms with Gasteiger partial charge in [-0.15, -0.1) is 11.3 Å². The van der Waals surface area contributed by atoms with Gasteiger partial charge < -0.3 is 10.6 Å². The molecular weight excluding hydrogens is 218 g/mol. The summed E-state index contributed by atoms with van der Waals surface area (Å²) in [6.07, 6.45) is 3.15. The highest BCUT2D eigenvalue weighted by molar-refractivity contribution is 7.17. The lowest BCUT2D eigenvalue weighted by Crippen LogP contribution is -2.17. The van der Waals surface area contributed by atoms with Gasteiger partial charge in [0.2, 0.25) is 0 Å². The number of thiophene rings is 1. The Kier molecular flexibility index (Phi) is 2.76. The first-order valence-corrected chi connectivity index (χ1v) is 6.58. The molecule has 1 atom stereocenters. The molecule has 1 aliphatic heterocycles. The lowest BCUT2D eigenvalue weighted by Gasteiger charge is -2.11. The highest BCUT2D eigenvalue weighted by Crippen LogP contribution is 2.26. The maximum Gasteiger partial charge on any atom is 0.134 e. The Hall–Kier alpha value is -1.13. The van der Waals surface area contributed by atoms with E-state index < -0.39 is 0 Å². The quantitative estimate of drug-likeness (QED) is 0.854. The molecule has 84 valence electrons. The van der Waals surface area contributed by atoms with Gasteiger partial charge >= 0.3 is 0 Å². The fraction of sp³-hybridized carbons (Fsp3) is 0.417. The molecule has 4 heteroatoms. The highest BCUT2D eigenvalue weighted by Gasteiger charge is 2.14. The number of nitrogens with zero attached hydrogens (tertiary/aromatic N) is 1. The van der Waals surface area contributed by atoms with Crippen molar-refractivity contribution < 1.29 is 0 Å². The summed E-state index contributed by atoms with van der Waals surface area (Å²) >= 11 is 1.77. The molecule has 0 amide bonds. The second kappa shape index (κ2) is 4.39. The molecule has 1 fully saturated rings. The summed E-state index contributed by atoms with van der Waals surface area (Å²) in [5.74, 6) is 1.78. The monoisotopic (exact) mass is 233 g/mol. The van der Waals surface area contributed by atoms with Crippen LogP contribution < -0.4 is 10.6 Å². The van der Waals surface area contributed by atoms with Gasteiger partial charge in [0, 0.05) is 22.8 Å². The summed E-state index contributed by atoms with van der Waals surface area (Å²) in [6, 6.07) is 4.21. The fourth-order valence-electron chi connectivity index (χ4n) is 2.17. The van der Waals surface area contributed by atoms with Gasteiger partial charge in [0.05, 0.1) is 0 Å².